The summed E-state index contributed by atoms with van der Waals surface area (Å²) in [4.78, 5) is 4.45. The summed E-state index contributed by atoms with van der Waals surface area (Å²) in [5.41, 5.74) is 5.80. The van der Waals surface area contributed by atoms with Crippen LogP contribution in [0.15, 0.2) is 4.99 Å². The van der Waals surface area contributed by atoms with E-state index in [4.69, 9.17) is 10.5 Å². The summed E-state index contributed by atoms with van der Waals surface area (Å²) in [6.45, 7) is 9.97. The number of ether oxygens (including phenoxy) is 1. The van der Waals surface area contributed by atoms with Crippen LogP contribution < -0.4 is 11.1 Å². The average Bonchev–Trinajstić information content (AvgIpc) is 2.50. The first-order chi connectivity index (χ1) is 6.88. The molecule has 3 N–H and O–H groups in total. The molecule has 0 saturated carbocycles. The minimum atomic E-state index is -0.0283. The molecule has 0 amide bonds. The van der Waals surface area contributed by atoms with Crippen molar-refractivity contribution in [3.63, 3.8) is 0 Å². The zero-order valence-corrected chi connectivity index (χ0v) is 10.2. The zero-order valence-electron chi connectivity index (χ0n) is 10.2. The van der Waals surface area contributed by atoms with Crippen molar-refractivity contribution in [2.45, 2.75) is 45.7 Å². The summed E-state index contributed by atoms with van der Waals surface area (Å²) in [6, 6.07) is 0.238. The average molecular weight is 213 g/mol. The fourth-order valence-corrected chi connectivity index (χ4v) is 1.67. The lowest BCUT2D eigenvalue weighted by atomic mass is 10.0. The van der Waals surface area contributed by atoms with Crippen molar-refractivity contribution in [2.24, 2.45) is 16.6 Å². The molecule has 2 unspecified atom stereocenters. The number of aliphatic imine (C=N–C) groups is 1. The van der Waals surface area contributed by atoms with Crippen LogP contribution in [-0.2, 0) is 4.74 Å². The van der Waals surface area contributed by atoms with Crippen LogP contribution in [0.1, 0.15) is 34.1 Å². The number of nitrogens with one attached hydrogen (secondary N) is 1. The van der Waals surface area contributed by atoms with Gasteiger partial charge in [-0.15, -0.1) is 0 Å². The van der Waals surface area contributed by atoms with Gasteiger partial charge in [-0.2, -0.15) is 0 Å². The second kappa shape index (κ2) is 4.84. The Hall–Kier alpha value is -0.770. The lowest BCUT2D eigenvalue weighted by Crippen LogP contribution is -2.45. The van der Waals surface area contributed by atoms with Crippen LogP contribution in [0.4, 0.5) is 0 Å². The highest BCUT2D eigenvalue weighted by Crippen LogP contribution is 2.18. The van der Waals surface area contributed by atoms with Crippen molar-refractivity contribution < 1.29 is 4.74 Å². The molecule has 0 aromatic carbocycles. The van der Waals surface area contributed by atoms with Crippen LogP contribution in [0, 0.1) is 5.92 Å². The molecule has 1 saturated heterocycles. The molecule has 1 aliphatic heterocycles. The van der Waals surface area contributed by atoms with Crippen molar-refractivity contribution in [3.8, 4) is 0 Å². The van der Waals surface area contributed by atoms with E-state index in [0.717, 1.165) is 19.6 Å². The highest BCUT2D eigenvalue weighted by atomic mass is 16.5. The SMILES string of the molecule is CC(N=C(N)NC(C)(C)C)C1CCOC1. The molecule has 1 fully saturated rings. The molecule has 1 heterocycles. The van der Waals surface area contributed by atoms with Gasteiger partial charge in [0.2, 0.25) is 0 Å². The Morgan fingerprint density at radius 3 is 2.67 bits per heavy atom. The number of rotatable bonds is 2. The number of hydrogen-bond acceptors (Lipinski definition) is 2. The van der Waals surface area contributed by atoms with E-state index in [1.54, 1.807) is 0 Å². The highest BCUT2D eigenvalue weighted by molar-refractivity contribution is 5.78. The van der Waals surface area contributed by atoms with E-state index in [9.17, 15) is 0 Å². The predicted molar refractivity (Wildman–Crippen MR) is 62.9 cm³/mol. The Kier molecular flexibility index (Phi) is 3.97. The number of nitrogens with zero attached hydrogens (tertiary/aromatic N) is 1. The zero-order chi connectivity index (χ0) is 11.5. The van der Waals surface area contributed by atoms with E-state index in [-0.39, 0.29) is 11.6 Å². The summed E-state index contributed by atoms with van der Waals surface area (Å²) >= 11 is 0. The normalized spacial score (nSPS) is 25.3. The second-order valence-corrected chi connectivity index (χ2v) is 5.25. The molecule has 0 radical (unpaired) electrons. The monoisotopic (exact) mass is 213 g/mol. The van der Waals surface area contributed by atoms with Gasteiger partial charge >= 0.3 is 0 Å². The van der Waals surface area contributed by atoms with Crippen LogP contribution >= 0.6 is 0 Å². The molecule has 1 aliphatic rings. The largest absolute Gasteiger partial charge is 0.381 e. The van der Waals surface area contributed by atoms with Gasteiger partial charge in [-0.05, 0) is 34.1 Å². The summed E-state index contributed by atoms with van der Waals surface area (Å²) in [6.07, 6.45) is 1.09. The molecule has 0 aliphatic carbocycles. The first-order valence-corrected chi connectivity index (χ1v) is 5.58. The van der Waals surface area contributed by atoms with Gasteiger partial charge in [0, 0.05) is 18.1 Å². The molecule has 4 nitrogen and oxygen atoms in total. The molecular formula is C11H23N3O. The Labute approximate surface area is 92.3 Å². The maximum Gasteiger partial charge on any atom is 0.189 e. The molecule has 2 atom stereocenters. The van der Waals surface area contributed by atoms with E-state index < -0.39 is 0 Å². The van der Waals surface area contributed by atoms with E-state index in [1.165, 1.54) is 0 Å². The van der Waals surface area contributed by atoms with Gasteiger partial charge in [0.05, 0.1) is 12.6 Å². The van der Waals surface area contributed by atoms with E-state index in [0.29, 0.717) is 11.9 Å². The summed E-state index contributed by atoms with van der Waals surface area (Å²) in [5.74, 6) is 1.05. The predicted octanol–water partition coefficient (Wildman–Crippen LogP) is 1.11. The molecule has 0 aromatic rings. The Balaban J connectivity index is 2.46. The fraction of sp³-hybridized carbons (Fsp3) is 0.909. The quantitative estimate of drug-likeness (QED) is 0.533. The summed E-state index contributed by atoms with van der Waals surface area (Å²) in [5, 5.41) is 3.16. The molecule has 0 bridgehead atoms. The van der Waals surface area contributed by atoms with E-state index in [1.807, 2.05) is 0 Å². The maximum absolute atomic E-state index is 5.83. The molecule has 0 aromatic heterocycles. The van der Waals surface area contributed by atoms with Crippen molar-refractivity contribution >= 4 is 5.96 Å². The van der Waals surface area contributed by atoms with Crippen LogP contribution in [0.2, 0.25) is 0 Å². The third-order valence-electron chi connectivity index (χ3n) is 2.49. The van der Waals surface area contributed by atoms with Gasteiger partial charge in [-0.1, -0.05) is 0 Å². The third kappa shape index (κ3) is 4.51. The van der Waals surface area contributed by atoms with Crippen LogP contribution in [0.3, 0.4) is 0 Å². The van der Waals surface area contributed by atoms with Gasteiger partial charge in [0.25, 0.3) is 0 Å². The van der Waals surface area contributed by atoms with Gasteiger partial charge < -0.3 is 15.8 Å². The maximum atomic E-state index is 5.83. The standard InChI is InChI=1S/C11H23N3O/c1-8(9-5-6-15-7-9)13-10(12)14-11(2,3)4/h8-9H,5-7H2,1-4H3,(H3,12,13,14). The lowest BCUT2D eigenvalue weighted by Gasteiger charge is -2.22. The third-order valence-corrected chi connectivity index (χ3v) is 2.49. The van der Waals surface area contributed by atoms with Crippen molar-refractivity contribution in [3.05, 3.63) is 0 Å². The minimum Gasteiger partial charge on any atom is -0.381 e. The summed E-state index contributed by atoms with van der Waals surface area (Å²) in [7, 11) is 0. The van der Waals surface area contributed by atoms with E-state index in [2.05, 4.69) is 38.0 Å². The molecular weight excluding hydrogens is 190 g/mol. The van der Waals surface area contributed by atoms with Gasteiger partial charge in [0.15, 0.2) is 5.96 Å². The Bertz CT molecular complexity index is 226. The van der Waals surface area contributed by atoms with Crippen molar-refractivity contribution in [1.29, 1.82) is 0 Å². The Morgan fingerprint density at radius 1 is 1.53 bits per heavy atom. The van der Waals surface area contributed by atoms with Gasteiger partial charge in [-0.25, -0.2) is 0 Å². The second-order valence-electron chi connectivity index (χ2n) is 5.25. The lowest BCUT2D eigenvalue weighted by molar-refractivity contribution is 0.182. The van der Waals surface area contributed by atoms with Crippen LogP contribution in [-0.4, -0.2) is 30.8 Å². The smallest absolute Gasteiger partial charge is 0.189 e. The number of hydrogen-bond donors (Lipinski definition) is 2. The van der Waals surface area contributed by atoms with Crippen LogP contribution in [0.5, 0.6) is 0 Å². The number of guanidine groups is 1. The van der Waals surface area contributed by atoms with Gasteiger partial charge in [0.1, 0.15) is 0 Å². The Morgan fingerprint density at radius 2 is 2.20 bits per heavy atom. The molecule has 4 heteroatoms. The van der Waals surface area contributed by atoms with E-state index >= 15 is 0 Å². The summed E-state index contributed by atoms with van der Waals surface area (Å²) < 4.78 is 5.33. The van der Waals surface area contributed by atoms with Crippen LogP contribution in [0.25, 0.3) is 0 Å². The molecule has 88 valence electrons. The van der Waals surface area contributed by atoms with Crippen molar-refractivity contribution in [1.82, 2.24) is 5.32 Å². The molecule has 15 heavy (non-hydrogen) atoms. The minimum absolute atomic E-state index is 0.0283. The van der Waals surface area contributed by atoms with Gasteiger partial charge in [-0.3, -0.25) is 4.99 Å². The topological polar surface area (TPSA) is 59.6 Å². The first-order valence-electron chi connectivity index (χ1n) is 5.58. The highest BCUT2D eigenvalue weighted by Gasteiger charge is 2.22. The molecule has 0 spiro atoms. The number of nitrogens with two attached hydrogens (primary N) is 1. The fourth-order valence-electron chi connectivity index (χ4n) is 1.67. The molecule has 1 rings (SSSR count). The first kappa shape index (κ1) is 12.3. The van der Waals surface area contributed by atoms with Crippen molar-refractivity contribution in [2.75, 3.05) is 13.2 Å².